The highest BCUT2D eigenvalue weighted by atomic mass is 19.1. The van der Waals surface area contributed by atoms with Crippen molar-refractivity contribution in [1.82, 2.24) is 4.98 Å². The van der Waals surface area contributed by atoms with Crippen molar-refractivity contribution in [2.45, 2.75) is 52.1 Å². The second-order valence-corrected chi connectivity index (χ2v) is 9.40. The van der Waals surface area contributed by atoms with Gasteiger partial charge in [-0.05, 0) is 98.4 Å². The fourth-order valence-electron chi connectivity index (χ4n) is 5.33. The lowest BCUT2D eigenvalue weighted by atomic mass is 9.83. The van der Waals surface area contributed by atoms with Crippen molar-refractivity contribution in [3.63, 3.8) is 0 Å². The molecule has 1 aliphatic heterocycles. The Bertz CT molecular complexity index is 1250. The van der Waals surface area contributed by atoms with Gasteiger partial charge in [0.1, 0.15) is 5.82 Å². The second-order valence-electron chi connectivity index (χ2n) is 9.40. The average molecular weight is 445 g/mol. The summed E-state index contributed by atoms with van der Waals surface area (Å²) in [6.45, 7) is 4.19. The number of hydrogen-bond donors (Lipinski definition) is 3. The molecule has 5 rings (SSSR count). The van der Waals surface area contributed by atoms with Crippen LogP contribution in [0.4, 0.5) is 10.1 Å². The van der Waals surface area contributed by atoms with E-state index in [4.69, 9.17) is 0 Å². The number of fused-ring (bicyclic) bond motifs is 1. The molecule has 5 heteroatoms. The minimum Gasteiger partial charge on any atom is -0.393 e. The quantitative estimate of drug-likeness (QED) is 0.431. The number of carbonyl (C=O) groups excluding carboxylic acids is 1. The number of H-pyrrole nitrogens is 1. The Kier molecular flexibility index (Phi) is 5.67. The third kappa shape index (κ3) is 4.13. The highest BCUT2D eigenvalue weighted by Crippen LogP contribution is 2.41. The molecule has 0 unspecified atom stereocenters. The molecule has 0 radical (unpaired) electrons. The van der Waals surface area contributed by atoms with Crippen LogP contribution in [0, 0.1) is 25.6 Å². The number of aliphatic hydroxyl groups excluding tert-OH is 1. The van der Waals surface area contributed by atoms with Crippen molar-refractivity contribution in [2.24, 2.45) is 5.92 Å². The van der Waals surface area contributed by atoms with E-state index in [2.05, 4.69) is 24.1 Å². The maximum absolute atomic E-state index is 13.9. The summed E-state index contributed by atoms with van der Waals surface area (Å²) in [4.78, 5) is 16.4. The summed E-state index contributed by atoms with van der Waals surface area (Å²) in [6, 6.07) is 12.2. The fraction of sp³-hybridized carbons (Fsp3) is 0.321. The van der Waals surface area contributed by atoms with E-state index in [1.165, 1.54) is 17.7 Å². The van der Waals surface area contributed by atoms with E-state index < -0.39 is 0 Å². The summed E-state index contributed by atoms with van der Waals surface area (Å²) in [5, 5.41) is 12.8. The molecular weight excluding hydrogens is 415 g/mol. The lowest BCUT2D eigenvalue weighted by molar-refractivity contribution is -0.110. The Labute approximate surface area is 193 Å². The van der Waals surface area contributed by atoms with Crippen molar-refractivity contribution < 1.29 is 14.3 Å². The monoisotopic (exact) mass is 444 g/mol. The number of amides is 1. The van der Waals surface area contributed by atoms with Gasteiger partial charge in [0, 0.05) is 22.6 Å². The van der Waals surface area contributed by atoms with Gasteiger partial charge in [-0.3, -0.25) is 4.79 Å². The number of halogens is 1. The summed E-state index contributed by atoms with van der Waals surface area (Å²) in [5.74, 6) is 0.129. The van der Waals surface area contributed by atoms with E-state index in [1.54, 1.807) is 6.07 Å². The molecule has 1 aliphatic carbocycles. The third-order valence-corrected chi connectivity index (χ3v) is 7.19. The molecule has 2 aromatic carbocycles. The number of aliphatic hydroxyl groups is 1. The van der Waals surface area contributed by atoms with E-state index in [-0.39, 0.29) is 17.8 Å². The Balaban J connectivity index is 1.52. The maximum Gasteiger partial charge on any atom is 0.256 e. The summed E-state index contributed by atoms with van der Waals surface area (Å²) < 4.78 is 13.9. The van der Waals surface area contributed by atoms with E-state index in [9.17, 15) is 14.3 Å². The molecule has 2 heterocycles. The Morgan fingerprint density at radius 3 is 2.61 bits per heavy atom. The zero-order valence-electron chi connectivity index (χ0n) is 19.0. The van der Waals surface area contributed by atoms with E-state index >= 15 is 0 Å². The minimum atomic E-state index is -0.302. The van der Waals surface area contributed by atoms with Crippen molar-refractivity contribution in [1.29, 1.82) is 0 Å². The summed E-state index contributed by atoms with van der Waals surface area (Å²) in [7, 11) is 0. The standard InChI is InChI=1S/C28H29FN2O2/c1-16-23(13-18-9-11-21(32)12-10-18)17(2)30-26(16)15-24-27-22(19-5-3-6-20(29)14-19)7-4-8-25(27)31-28(24)33/h3-8,14-15,18,21,30,32H,9-13H2,1-2H3,(H,31,33)/b24-15-. The molecule has 0 atom stereocenters. The van der Waals surface area contributed by atoms with Crippen LogP contribution in [0.3, 0.4) is 0 Å². The molecule has 170 valence electrons. The molecule has 1 fully saturated rings. The molecule has 1 saturated carbocycles. The average Bonchev–Trinajstić information content (AvgIpc) is 3.25. The fourth-order valence-corrected chi connectivity index (χ4v) is 5.33. The van der Waals surface area contributed by atoms with Crippen molar-refractivity contribution in [3.05, 3.63) is 76.4 Å². The summed E-state index contributed by atoms with van der Waals surface area (Å²) >= 11 is 0. The summed E-state index contributed by atoms with van der Waals surface area (Å²) in [6.07, 6.45) is 6.63. The molecule has 0 bridgehead atoms. The predicted octanol–water partition coefficient (Wildman–Crippen LogP) is 6.02. The zero-order valence-corrected chi connectivity index (χ0v) is 19.0. The van der Waals surface area contributed by atoms with Gasteiger partial charge in [-0.25, -0.2) is 4.39 Å². The lowest BCUT2D eigenvalue weighted by Gasteiger charge is -2.25. The van der Waals surface area contributed by atoms with Crippen LogP contribution in [-0.4, -0.2) is 22.1 Å². The molecule has 3 aromatic rings. The molecule has 0 spiro atoms. The first-order valence-electron chi connectivity index (χ1n) is 11.7. The van der Waals surface area contributed by atoms with Crippen LogP contribution < -0.4 is 5.32 Å². The molecule has 4 nitrogen and oxygen atoms in total. The van der Waals surface area contributed by atoms with Crippen LogP contribution in [-0.2, 0) is 11.2 Å². The number of hydrogen-bond acceptors (Lipinski definition) is 2. The van der Waals surface area contributed by atoms with Crippen molar-refractivity contribution in [2.75, 3.05) is 5.32 Å². The number of nitrogens with one attached hydrogen (secondary N) is 2. The molecule has 33 heavy (non-hydrogen) atoms. The topological polar surface area (TPSA) is 65.1 Å². The van der Waals surface area contributed by atoms with E-state index in [0.29, 0.717) is 11.5 Å². The van der Waals surface area contributed by atoms with Gasteiger partial charge in [0.2, 0.25) is 0 Å². The molecule has 2 aliphatic rings. The van der Waals surface area contributed by atoms with E-state index in [1.807, 2.05) is 30.3 Å². The van der Waals surface area contributed by atoms with Crippen molar-refractivity contribution >= 4 is 23.2 Å². The third-order valence-electron chi connectivity index (χ3n) is 7.19. The van der Waals surface area contributed by atoms with Crippen LogP contribution >= 0.6 is 0 Å². The van der Waals surface area contributed by atoms with Gasteiger partial charge >= 0.3 is 0 Å². The first-order valence-corrected chi connectivity index (χ1v) is 11.7. The highest BCUT2D eigenvalue weighted by molar-refractivity contribution is 6.36. The molecule has 1 aromatic heterocycles. The molecule has 0 saturated heterocycles. The van der Waals surface area contributed by atoms with Gasteiger partial charge in [0.15, 0.2) is 0 Å². The van der Waals surface area contributed by atoms with Gasteiger partial charge in [-0.2, -0.15) is 0 Å². The van der Waals surface area contributed by atoms with Crippen LogP contribution in [0.25, 0.3) is 22.8 Å². The Hall–Kier alpha value is -3.18. The van der Waals surface area contributed by atoms with Crippen LogP contribution in [0.15, 0.2) is 42.5 Å². The van der Waals surface area contributed by atoms with Crippen LogP contribution in [0.1, 0.15) is 53.8 Å². The normalized spacial score (nSPS) is 21.3. The van der Waals surface area contributed by atoms with Gasteiger partial charge in [-0.15, -0.1) is 0 Å². The molecule has 3 N–H and O–H groups in total. The van der Waals surface area contributed by atoms with Gasteiger partial charge in [0.05, 0.1) is 11.7 Å². The molecular formula is C28H29FN2O2. The smallest absolute Gasteiger partial charge is 0.256 e. The molecule has 1 amide bonds. The zero-order chi connectivity index (χ0) is 23.1. The number of anilines is 1. The highest BCUT2D eigenvalue weighted by Gasteiger charge is 2.28. The number of aryl methyl sites for hydroxylation is 1. The number of benzene rings is 2. The van der Waals surface area contributed by atoms with Crippen molar-refractivity contribution in [3.8, 4) is 11.1 Å². The maximum atomic E-state index is 13.9. The number of rotatable bonds is 4. The van der Waals surface area contributed by atoms with Crippen LogP contribution in [0.2, 0.25) is 0 Å². The lowest BCUT2D eigenvalue weighted by Crippen LogP contribution is -2.19. The number of aromatic nitrogens is 1. The first-order chi connectivity index (χ1) is 15.9. The largest absolute Gasteiger partial charge is 0.393 e. The second kappa shape index (κ2) is 8.64. The van der Waals surface area contributed by atoms with Crippen LogP contribution in [0.5, 0.6) is 0 Å². The predicted molar refractivity (Wildman–Crippen MR) is 130 cm³/mol. The first kappa shape index (κ1) is 21.7. The summed E-state index contributed by atoms with van der Waals surface area (Å²) in [5.41, 5.74) is 8.25. The number of aromatic amines is 1. The van der Waals surface area contributed by atoms with Gasteiger partial charge in [0.25, 0.3) is 5.91 Å². The van der Waals surface area contributed by atoms with Gasteiger partial charge < -0.3 is 15.4 Å². The SMILES string of the molecule is Cc1[nH]c(/C=C2\C(=O)Nc3cccc(-c4cccc(F)c4)c32)c(C)c1CC1CCC(O)CC1. The van der Waals surface area contributed by atoms with E-state index in [0.717, 1.165) is 71.4 Å². The Morgan fingerprint density at radius 2 is 1.85 bits per heavy atom. The Morgan fingerprint density at radius 1 is 1.09 bits per heavy atom. The van der Waals surface area contributed by atoms with Gasteiger partial charge in [-0.1, -0.05) is 24.3 Å². The number of carbonyl (C=O) groups is 1. The minimum absolute atomic E-state index is 0.150.